The molecule has 0 aromatic carbocycles. The van der Waals surface area contributed by atoms with Crippen molar-refractivity contribution in [3.8, 4) is 0 Å². The lowest BCUT2D eigenvalue weighted by Gasteiger charge is -2.37. The van der Waals surface area contributed by atoms with Crippen LogP contribution in [0.25, 0.3) is 0 Å². The first-order valence-electron chi connectivity index (χ1n) is 8.08. The van der Waals surface area contributed by atoms with Gasteiger partial charge in [0.05, 0.1) is 0 Å². The molecule has 2 rings (SSSR count). The highest BCUT2D eigenvalue weighted by Crippen LogP contribution is 2.35. The normalized spacial score (nSPS) is 27.5. The molecule has 20 heavy (non-hydrogen) atoms. The summed E-state index contributed by atoms with van der Waals surface area (Å²) in [6, 6.07) is 4.35. The minimum Gasteiger partial charge on any atom is -0.312 e. The van der Waals surface area contributed by atoms with E-state index in [0.29, 0.717) is 0 Å². The summed E-state index contributed by atoms with van der Waals surface area (Å²) in [4.78, 5) is 4.13. The monoisotopic (exact) mass is 274 g/mol. The molecule has 1 aromatic heterocycles. The molecule has 1 N–H and O–H groups in total. The van der Waals surface area contributed by atoms with E-state index < -0.39 is 0 Å². The van der Waals surface area contributed by atoms with E-state index in [-0.39, 0.29) is 5.54 Å². The average molecular weight is 274 g/mol. The molecule has 3 atom stereocenters. The van der Waals surface area contributed by atoms with Crippen molar-refractivity contribution in [2.45, 2.75) is 58.9 Å². The smallest absolute Gasteiger partial charge is 0.0270 e. The maximum atomic E-state index is 4.13. The molecule has 1 aliphatic carbocycles. The Kier molecular flexibility index (Phi) is 5.20. The highest BCUT2D eigenvalue weighted by Gasteiger charge is 2.29. The van der Waals surface area contributed by atoms with E-state index in [1.54, 1.807) is 0 Å². The first kappa shape index (κ1) is 15.5. The standard InChI is InChI=1S/C18H30N2/c1-14-5-6-16(13-20-18(2,3)4)17(11-14)12-15-7-9-19-10-8-15/h7-10,14,16-17,20H,5-6,11-13H2,1-4H3. The van der Waals surface area contributed by atoms with Gasteiger partial charge in [-0.2, -0.15) is 0 Å². The third-order valence-corrected chi connectivity index (χ3v) is 4.54. The van der Waals surface area contributed by atoms with Crippen LogP contribution in [0.2, 0.25) is 0 Å². The highest BCUT2D eigenvalue weighted by atomic mass is 14.9. The molecule has 3 unspecified atom stereocenters. The van der Waals surface area contributed by atoms with Crippen molar-refractivity contribution < 1.29 is 0 Å². The van der Waals surface area contributed by atoms with Crippen LogP contribution in [0.15, 0.2) is 24.5 Å². The molecule has 1 saturated carbocycles. The lowest BCUT2D eigenvalue weighted by molar-refractivity contribution is 0.174. The van der Waals surface area contributed by atoms with Crippen LogP contribution in [0.3, 0.4) is 0 Å². The SMILES string of the molecule is CC1CCC(CNC(C)(C)C)C(Cc2ccncc2)C1. The second-order valence-electron chi connectivity index (χ2n) is 7.63. The van der Waals surface area contributed by atoms with Crippen molar-refractivity contribution in [3.05, 3.63) is 30.1 Å². The Labute approximate surface area is 124 Å². The molecule has 0 bridgehead atoms. The lowest BCUT2D eigenvalue weighted by atomic mass is 9.72. The molecular weight excluding hydrogens is 244 g/mol. The van der Waals surface area contributed by atoms with Gasteiger partial charge in [0.25, 0.3) is 0 Å². The maximum Gasteiger partial charge on any atom is 0.0270 e. The molecular formula is C18H30N2. The van der Waals surface area contributed by atoms with Crippen LogP contribution in [0.5, 0.6) is 0 Å². The molecule has 0 amide bonds. The molecule has 0 radical (unpaired) electrons. The van der Waals surface area contributed by atoms with Gasteiger partial charge in [0.15, 0.2) is 0 Å². The fourth-order valence-electron chi connectivity index (χ4n) is 3.34. The van der Waals surface area contributed by atoms with Gasteiger partial charge in [0.1, 0.15) is 0 Å². The van der Waals surface area contributed by atoms with E-state index in [4.69, 9.17) is 0 Å². The second kappa shape index (κ2) is 6.71. The van der Waals surface area contributed by atoms with Crippen molar-refractivity contribution in [1.82, 2.24) is 10.3 Å². The van der Waals surface area contributed by atoms with Crippen LogP contribution in [0.4, 0.5) is 0 Å². The molecule has 1 fully saturated rings. The van der Waals surface area contributed by atoms with Gasteiger partial charge in [-0.15, -0.1) is 0 Å². The summed E-state index contributed by atoms with van der Waals surface area (Å²) in [6.45, 7) is 10.3. The summed E-state index contributed by atoms with van der Waals surface area (Å²) in [5, 5.41) is 3.71. The summed E-state index contributed by atoms with van der Waals surface area (Å²) in [7, 11) is 0. The summed E-state index contributed by atoms with van der Waals surface area (Å²) >= 11 is 0. The van der Waals surface area contributed by atoms with Crippen LogP contribution in [-0.2, 0) is 6.42 Å². The lowest BCUT2D eigenvalue weighted by Crippen LogP contribution is -2.42. The van der Waals surface area contributed by atoms with Gasteiger partial charge in [-0.1, -0.05) is 13.3 Å². The van der Waals surface area contributed by atoms with E-state index in [2.05, 4.69) is 50.1 Å². The summed E-state index contributed by atoms with van der Waals surface area (Å²) < 4.78 is 0. The number of rotatable bonds is 4. The third kappa shape index (κ3) is 4.90. The summed E-state index contributed by atoms with van der Waals surface area (Å²) in [6.07, 6.45) is 9.19. The minimum absolute atomic E-state index is 0.226. The maximum absolute atomic E-state index is 4.13. The predicted octanol–water partition coefficient (Wildman–Crippen LogP) is 4.06. The largest absolute Gasteiger partial charge is 0.312 e. The molecule has 0 saturated heterocycles. The Bertz CT molecular complexity index is 394. The Morgan fingerprint density at radius 2 is 1.85 bits per heavy atom. The summed E-state index contributed by atoms with van der Waals surface area (Å²) in [5.41, 5.74) is 1.67. The molecule has 0 aliphatic heterocycles. The Morgan fingerprint density at radius 1 is 1.15 bits per heavy atom. The predicted molar refractivity (Wildman–Crippen MR) is 85.7 cm³/mol. The van der Waals surface area contributed by atoms with E-state index in [1.165, 1.54) is 31.2 Å². The van der Waals surface area contributed by atoms with E-state index >= 15 is 0 Å². The first-order chi connectivity index (χ1) is 9.44. The number of hydrogen-bond donors (Lipinski definition) is 1. The van der Waals surface area contributed by atoms with E-state index in [1.807, 2.05) is 12.4 Å². The minimum atomic E-state index is 0.226. The first-order valence-corrected chi connectivity index (χ1v) is 8.08. The molecule has 1 heterocycles. The van der Waals surface area contributed by atoms with Gasteiger partial charge in [0, 0.05) is 17.9 Å². The zero-order chi connectivity index (χ0) is 14.6. The zero-order valence-electron chi connectivity index (χ0n) is 13.5. The topological polar surface area (TPSA) is 24.9 Å². The number of nitrogens with one attached hydrogen (secondary N) is 1. The fourth-order valence-corrected chi connectivity index (χ4v) is 3.34. The molecule has 112 valence electrons. The second-order valence-corrected chi connectivity index (χ2v) is 7.63. The molecule has 1 aromatic rings. The fraction of sp³-hybridized carbons (Fsp3) is 0.722. The van der Waals surface area contributed by atoms with E-state index in [0.717, 1.165) is 24.3 Å². The van der Waals surface area contributed by atoms with Crippen molar-refractivity contribution >= 4 is 0 Å². The van der Waals surface area contributed by atoms with Gasteiger partial charge < -0.3 is 5.32 Å². The van der Waals surface area contributed by atoms with Crippen molar-refractivity contribution in [2.75, 3.05) is 6.54 Å². The van der Waals surface area contributed by atoms with E-state index in [9.17, 15) is 0 Å². The van der Waals surface area contributed by atoms with Gasteiger partial charge in [-0.25, -0.2) is 0 Å². The van der Waals surface area contributed by atoms with Crippen molar-refractivity contribution in [1.29, 1.82) is 0 Å². The van der Waals surface area contributed by atoms with Gasteiger partial charge in [-0.05, 0) is 82.0 Å². The van der Waals surface area contributed by atoms with Crippen LogP contribution in [-0.4, -0.2) is 17.1 Å². The highest BCUT2D eigenvalue weighted by molar-refractivity contribution is 5.11. The number of aromatic nitrogens is 1. The van der Waals surface area contributed by atoms with Crippen LogP contribution in [0, 0.1) is 17.8 Å². The van der Waals surface area contributed by atoms with Crippen LogP contribution >= 0.6 is 0 Å². The Morgan fingerprint density at radius 3 is 2.50 bits per heavy atom. The molecule has 0 spiro atoms. The Hall–Kier alpha value is -0.890. The van der Waals surface area contributed by atoms with Crippen LogP contribution < -0.4 is 5.32 Å². The Balaban J connectivity index is 1.97. The van der Waals surface area contributed by atoms with Crippen molar-refractivity contribution in [3.63, 3.8) is 0 Å². The average Bonchev–Trinajstić information content (AvgIpc) is 2.38. The zero-order valence-corrected chi connectivity index (χ0v) is 13.5. The van der Waals surface area contributed by atoms with Gasteiger partial charge in [0.2, 0.25) is 0 Å². The molecule has 2 heteroatoms. The quantitative estimate of drug-likeness (QED) is 0.895. The number of pyridine rings is 1. The van der Waals surface area contributed by atoms with Crippen molar-refractivity contribution in [2.24, 2.45) is 17.8 Å². The van der Waals surface area contributed by atoms with Gasteiger partial charge >= 0.3 is 0 Å². The number of hydrogen-bond acceptors (Lipinski definition) is 2. The molecule has 2 nitrogen and oxygen atoms in total. The third-order valence-electron chi connectivity index (χ3n) is 4.54. The van der Waals surface area contributed by atoms with Gasteiger partial charge in [-0.3, -0.25) is 4.98 Å². The molecule has 1 aliphatic rings. The summed E-state index contributed by atoms with van der Waals surface area (Å²) in [5.74, 6) is 2.52. The number of nitrogens with zero attached hydrogens (tertiary/aromatic N) is 1. The van der Waals surface area contributed by atoms with Crippen LogP contribution in [0.1, 0.15) is 52.5 Å².